The second-order valence-electron chi connectivity index (χ2n) is 5.36. The van der Waals surface area contributed by atoms with Gasteiger partial charge in [-0.15, -0.1) is 0 Å². The van der Waals surface area contributed by atoms with Crippen LogP contribution < -0.4 is 10.2 Å². The highest BCUT2D eigenvalue weighted by molar-refractivity contribution is 6.30. The topological polar surface area (TPSA) is 15.3 Å². The molecular weight excluding hydrogens is 268 g/mol. The lowest BCUT2D eigenvalue weighted by Gasteiger charge is -2.33. The Morgan fingerprint density at radius 2 is 2.00 bits per heavy atom. The van der Waals surface area contributed by atoms with Gasteiger partial charge in [-0.2, -0.15) is 0 Å². The lowest BCUT2D eigenvalue weighted by atomic mass is 10.1. The molecule has 114 valence electrons. The number of hydrogen-bond donors (Lipinski definition) is 1. The van der Waals surface area contributed by atoms with E-state index in [4.69, 9.17) is 11.6 Å². The van der Waals surface area contributed by atoms with Gasteiger partial charge in [0.1, 0.15) is 0 Å². The molecule has 1 atom stereocenters. The van der Waals surface area contributed by atoms with Crippen LogP contribution in [0.1, 0.15) is 52.5 Å². The Hall–Kier alpha value is -0.730. The molecule has 1 unspecified atom stereocenters. The molecule has 0 aliphatic heterocycles. The fraction of sp³-hybridized carbons (Fsp3) is 0.647. The highest BCUT2D eigenvalue weighted by atomic mass is 35.5. The molecular formula is C17H29ClN2. The maximum Gasteiger partial charge on any atom is 0.0429 e. The van der Waals surface area contributed by atoms with E-state index in [9.17, 15) is 0 Å². The summed E-state index contributed by atoms with van der Waals surface area (Å²) in [7, 11) is 0. The second kappa shape index (κ2) is 9.25. The molecule has 0 heterocycles. The van der Waals surface area contributed by atoms with E-state index in [1.54, 1.807) is 0 Å². The number of rotatable bonds is 9. The first-order valence-corrected chi connectivity index (χ1v) is 8.27. The lowest BCUT2D eigenvalue weighted by molar-refractivity contribution is 0.591. The van der Waals surface area contributed by atoms with Crippen LogP contribution in [0.15, 0.2) is 18.2 Å². The number of halogens is 1. The molecule has 1 aromatic rings. The van der Waals surface area contributed by atoms with E-state index in [0.29, 0.717) is 6.04 Å². The molecule has 0 aromatic heterocycles. The molecule has 0 amide bonds. The van der Waals surface area contributed by atoms with Crippen LogP contribution in [0.4, 0.5) is 5.69 Å². The van der Waals surface area contributed by atoms with Gasteiger partial charge in [0.15, 0.2) is 0 Å². The molecule has 0 saturated carbocycles. The Kier molecular flexibility index (Phi) is 8.01. The number of nitrogens with one attached hydrogen (secondary N) is 1. The normalized spacial score (nSPS) is 12.4. The Bertz CT molecular complexity index is 393. The van der Waals surface area contributed by atoms with Gasteiger partial charge in [-0.1, -0.05) is 44.9 Å². The van der Waals surface area contributed by atoms with E-state index >= 15 is 0 Å². The summed E-state index contributed by atoms with van der Waals surface area (Å²) >= 11 is 6.23. The number of anilines is 1. The van der Waals surface area contributed by atoms with E-state index in [1.807, 2.05) is 6.07 Å². The number of hydrogen-bond acceptors (Lipinski definition) is 2. The first-order chi connectivity index (χ1) is 9.63. The van der Waals surface area contributed by atoms with Crippen LogP contribution in [0.3, 0.4) is 0 Å². The first kappa shape index (κ1) is 17.3. The summed E-state index contributed by atoms with van der Waals surface area (Å²) in [5.41, 5.74) is 2.63. The Balaban J connectivity index is 3.04. The largest absolute Gasteiger partial charge is 0.369 e. The fourth-order valence-corrected chi connectivity index (χ4v) is 2.51. The van der Waals surface area contributed by atoms with Crippen LogP contribution in [-0.4, -0.2) is 19.1 Å². The van der Waals surface area contributed by atoms with E-state index in [-0.39, 0.29) is 0 Å². The van der Waals surface area contributed by atoms with Crippen molar-refractivity contribution < 1.29 is 0 Å². The maximum absolute atomic E-state index is 6.23. The van der Waals surface area contributed by atoms with Gasteiger partial charge >= 0.3 is 0 Å². The molecule has 0 spiro atoms. The molecule has 0 fully saturated rings. The molecule has 20 heavy (non-hydrogen) atoms. The molecule has 1 N–H and O–H groups in total. The summed E-state index contributed by atoms with van der Waals surface area (Å²) in [6.07, 6.45) is 3.59. The van der Waals surface area contributed by atoms with Gasteiger partial charge in [0.2, 0.25) is 0 Å². The molecule has 3 heteroatoms. The van der Waals surface area contributed by atoms with Crippen molar-refractivity contribution >= 4 is 17.3 Å². The van der Waals surface area contributed by atoms with Crippen LogP contribution >= 0.6 is 11.6 Å². The van der Waals surface area contributed by atoms with Crippen molar-refractivity contribution in [2.75, 3.05) is 18.0 Å². The zero-order valence-electron chi connectivity index (χ0n) is 13.4. The van der Waals surface area contributed by atoms with Gasteiger partial charge in [0.05, 0.1) is 0 Å². The number of benzene rings is 1. The average molecular weight is 297 g/mol. The Labute approximate surface area is 129 Å². The highest BCUT2D eigenvalue weighted by Crippen LogP contribution is 2.28. The Morgan fingerprint density at radius 3 is 2.60 bits per heavy atom. The van der Waals surface area contributed by atoms with Gasteiger partial charge in [-0.05, 0) is 44.0 Å². The van der Waals surface area contributed by atoms with Crippen molar-refractivity contribution in [2.24, 2.45) is 0 Å². The average Bonchev–Trinajstić information content (AvgIpc) is 2.46. The fourth-order valence-electron chi connectivity index (χ4n) is 2.34. The van der Waals surface area contributed by atoms with E-state index in [2.05, 4.69) is 50.0 Å². The maximum atomic E-state index is 6.23. The minimum absolute atomic E-state index is 0.542. The minimum atomic E-state index is 0.542. The second-order valence-corrected chi connectivity index (χ2v) is 5.79. The van der Waals surface area contributed by atoms with Crippen molar-refractivity contribution in [2.45, 2.75) is 59.5 Å². The minimum Gasteiger partial charge on any atom is -0.369 e. The molecule has 1 aromatic carbocycles. The quantitative estimate of drug-likeness (QED) is 0.700. The summed E-state index contributed by atoms with van der Waals surface area (Å²) in [4.78, 5) is 2.52. The predicted molar refractivity (Wildman–Crippen MR) is 90.8 cm³/mol. The zero-order chi connectivity index (χ0) is 15.0. The summed E-state index contributed by atoms with van der Waals surface area (Å²) in [5.74, 6) is 0. The first-order valence-electron chi connectivity index (χ1n) is 7.89. The van der Waals surface area contributed by atoms with Crippen LogP contribution in [0.5, 0.6) is 0 Å². The molecule has 0 radical (unpaired) electrons. The lowest BCUT2D eigenvalue weighted by Crippen LogP contribution is -2.34. The third-order valence-corrected chi connectivity index (χ3v) is 4.03. The third kappa shape index (κ3) is 4.99. The summed E-state index contributed by atoms with van der Waals surface area (Å²) < 4.78 is 0. The van der Waals surface area contributed by atoms with Gasteiger partial charge in [-0.25, -0.2) is 0 Å². The highest BCUT2D eigenvalue weighted by Gasteiger charge is 2.16. The number of nitrogens with zero attached hydrogens (tertiary/aromatic N) is 1. The zero-order valence-corrected chi connectivity index (χ0v) is 14.1. The number of unbranched alkanes of at least 4 members (excludes halogenated alkanes) is 1. The van der Waals surface area contributed by atoms with Crippen LogP contribution in [0, 0.1) is 0 Å². The molecule has 0 bridgehead atoms. The van der Waals surface area contributed by atoms with Crippen molar-refractivity contribution in [3.05, 3.63) is 28.8 Å². The van der Waals surface area contributed by atoms with Crippen molar-refractivity contribution in [1.82, 2.24) is 5.32 Å². The summed E-state index contributed by atoms with van der Waals surface area (Å²) in [6.45, 7) is 11.9. The van der Waals surface area contributed by atoms with Gasteiger partial charge in [-0.3, -0.25) is 0 Å². The SMILES string of the molecule is CCCCN(c1cc(Cl)ccc1CNCC)C(C)CC. The van der Waals surface area contributed by atoms with Crippen LogP contribution in [-0.2, 0) is 6.54 Å². The van der Waals surface area contributed by atoms with Crippen LogP contribution in [0.25, 0.3) is 0 Å². The molecule has 0 aliphatic carbocycles. The predicted octanol–water partition coefficient (Wildman–Crippen LogP) is 4.85. The van der Waals surface area contributed by atoms with Gasteiger partial charge < -0.3 is 10.2 Å². The molecule has 0 saturated heterocycles. The van der Waals surface area contributed by atoms with Crippen LogP contribution in [0.2, 0.25) is 5.02 Å². The van der Waals surface area contributed by atoms with E-state index < -0.39 is 0 Å². The molecule has 1 rings (SSSR count). The van der Waals surface area contributed by atoms with E-state index in [0.717, 1.165) is 31.1 Å². The molecule has 0 aliphatic rings. The van der Waals surface area contributed by atoms with Gasteiger partial charge in [0, 0.05) is 29.8 Å². The van der Waals surface area contributed by atoms with Crippen molar-refractivity contribution in [1.29, 1.82) is 0 Å². The smallest absolute Gasteiger partial charge is 0.0429 e. The molecule has 2 nitrogen and oxygen atoms in total. The van der Waals surface area contributed by atoms with Gasteiger partial charge in [0.25, 0.3) is 0 Å². The van der Waals surface area contributed by atoms with Crippen molar-refractivity contribution in [3.8, 4) is 0 Å². The standard InChI is InChI=1S/C17H29ClN2/c1-5-8-11-20(14(4)6-2)17-12-16(18)10-9-15(17)13-19-7-3/h9-10,12,14,19H,5-8,11,13H2,1-4H3. The van der Waals surface area contributed by atoms with E-state index in [1.165, 1.54) is 24.1 Å². The summed E-state index contributed by atoms with van der Waals surface area (Å²) in [5, 5.41) is 4.25. The van der Waals surface area contributed by atoms with Crippen molar-refractivity contribution in [3.63, 3.8) is 0 Å². The Morgan fingerprint density at radius 1 is 1.25 bits per heavy atom. The monoisotopic (exact) mass is 296 g/mol. The third-order valence-electron chi connectivity index (χ3n) is 3.80. The summed E-state index contributed by atoms with van der Waals surface area (Å²) in [6, 6.07) is 6.81.